The molecule has 1 fully saturated rings. The van der Waals surface area contributed by atoms with Gasteiger partial charge >= 0.3 is 0 Å². The van der Waals surface area contributed by atoms with Crippen LogP contribution in [0.2, 0.25) is 0 Å². The number of hydrogen-bond donors (Lipinski definition) is 0. The van der Waals surface area contributed by atoms with Crippen molar-refractivity contribution in [3.05, 3.63) is 41.7 Å². The van der Waals surface area contributed by atoms with E-state index in [4.69, 9.17) is 9.47 Å². The van der Waals surface area contributed by atoms with Crippen molar-refractivity contribution in [3.8, 4) is 5.75 Å². The summed E-state index contributed by atoms with van der Waals surface area (Å²) in [4.78, 5) is 4.66. The topological polar surface area (TPSA) is 49.2 Å². The van der Waals surface area contributed by atoms with E-state index in [9.17, 15) is 4.39 Å². The van der Waals surface area contributed by atoms with Crippen molar-refractivity contribution in [1.82, 2.24) is 14.8 Å². The molecular formula is C17H22FN3O2. The Hall–Kier alpha value is -1.95. The summed E-state index contributed by atoms with van der Waals surface area (Å²) in [5, 5.41) is 4.58. The smallest absolute Gasteiger partial charge is 0.188 e. The van der Waals surface area contributed by atoms with E-state index in [1.807, 2.05) is 4.68 Å². The molecule has 0 saturated carbocycles. The third-order valence-electron chi connectivity index (χ3n) is 4.00. The van der Waals surface area contributed by atoms with Crippen LogP contribution in [0.4, 0.5) is 4.39 Å². The molecular weight excluding hydrogens is 297 g/mol. The average molecular weight is 319 g/mol. The molecule has 0 aliphatic carbocycles. The molecule has 1 aromatic carbocycles. The highest BCUT2D eigenvalue weighted by Crippen LogP contribution is 2.30. The van der Waals surface area contributed by atoms with Gasteiger partial charge in [0.25, 0.3) is 0 Å². The minimum absolute atomic E-state index is 0.0606. The van der Waals surface area contributed by atoms with Gasteiger partial charge in [0.1, 0.15) is 24.0 Å². The van der Waals surface area contributed by atoms with E-state index in [0.29, 0.717) is 24.8 Å². The molecule has 0 N–H and O–H groups in total. The van der Waals surface area contributed by atoms with Gasteiger partial charge in [-0.15, -0.1) is 0 Å². The summed E-state index contributed by atoms with van der Waals surface area (Å²) in [6.45, 7) is 6.78. The molecule has 6 heteroatoms. The first-order chi connectivity index (χ1) is 11.1. The van der Waals surface area contributed by atoms with Crippen molar-refractivity contribution in [3.63, 3.8) is 0 Å². The van der Waals surface area contributed by atoms with Gasteiger partial charge in [0.2, 0.25) is 0 Å². The number of halogens is 1. The standard InChI is InChI=1S/C17H22FN3O2/c1-3-4-9-21-16(17(2)11-22-12-17)19-15(20-21)10-23-14-7-5-13(18)6-8-14/h5-8H,3-4,9-12H2,1-2H3. The van der Waals surface area contributed by atoms with Crippen LogP contribution < -0.4 is 4.74 Å². The molecule has 3 rings (SSSR count). The molecule has 0 radical (unpaired) electrons. The fourth-order valence-corrected chi connectivity index (χ4v) is 2.58. The number of unbranched alkanes of at least 4 members (excludes halogenated alkanes) is 1. The van der Waals surface area contributed by atoms with Gasteiger partial charge < -0.3 is 9.47 Å². The molecule has 2 heterocycles. The highest BCUT2D eigenvalue weighted by Gasteiger charge is 2.40. The third kappa shape index (κ3) is 3.52. The summed E-state index contributed by atoms with van der Waals surface area (Å²) in [7, 11) is 0. The van der Waals surface area contributed by atoms with E-state index in [-0.39, 0.29) is 17.8 Å². The molecule has 124 valence electrons. The maximum atomic E-state index is 12.9. The van der Waals surface area contributed by atoms with Crippen LogP contribution in [0.25, 0.3) is 0 Å². The zero-order chi connectivity index (χ0) is 16.3. The molecule has 23 heavy (non-hydrogen) atoms. The van der Waals surface area contributed by atoms with Crippen LogP contribution in [0.3, 0.4) is 0 Å². The minimum Gasteiger partial charge on any atom is -0.486 e. The normalized spacial score (nSPS) is 16.1. The predicted molar refractivity (Wildman–Crippen MR) is 83.8 cm³/mol. The van der Waals surface area contributed by atoms with Gasteiger partial charge in [-0.2, -0.15) is 5.10 Å². The number of aryl methyl sites for hydroxylation is 1. The molecule has 0 spiro atoms. The Morgan fingerprint density at radius 2 is 2.04 bits per heavy atom. The fourth-order valence-electron chi connectivity index (χ4n) is 2.58. The quantitative estimate of drug-likeness (QED) is 0.787. The molecule has 0 atom stereocenters. The second-order valence-electron chi connectivity index (χ2n) is 6.22. The van der Waals surface area contributed by atoms with Gasteiger partial charge in [-0.25, -0.2) is 14.1 Å². The number of benzene rings is 1. The van der Waals surface area contributed by atoms with Crippen LogP contribution in [0.1, 0.15) is 38.3 Å². The Morgan fingerprint density at radius 3 is 2.65 bits per heavy atom. The lowest BCUT2D eigenvalue weighted by molar-refractivity contribution is -0.0564. The van der Waals surface area contributed by atoms with Gasteiger partial charge in [0.15, 0.2) is 5.82 Å². The molecule has 1 aromatic heterocycles. The molecule has 0 amide bonds. The monoisotopic (exact) mass is 319 g/mol. The van der Waals surface area contributed by atoms with E-state index >= 15 is 0 Å². The summed E-state index contributed by atoms with van der Waals surface area (Å²) in [5.41, 5.74) is -0.0606. The van der Waals surface area contributed by atoms with Crippen LogP contribution >= 0.6 is 0 Å². The summed E-state index contributed by atoms with van der Waals surface area (Å²) in [6.07, 6.45) is 2.17. The Kier molecular flexibility index (Phi) is 4.61. The first-order valence-electron chi connectivity index (χ1n) is 8.01. The Labute approximate surface area is 135 Å². The van der Waals surface area contributed by atoms with Gasteiger partial charge in [-0.1, -0.05) is 13.3 Å². The molecule has 1 saturated heterocycles. The Bertz CT molecular complexity index is 650. The third-order valence-corrected chi connectivity index (χ3v) is 4.00. The number of aromatic nitrogens is 3. The maximum absolute atomic E-state index is 12.9. The summed E-state index contributed by atoms with van der Waals surface area (Å²) in [5.74, 6) is 1.94. The first kappa shape index (κ1) is 15.9. The number of nitrogens with zero attached hydrogens (tertiary/aromatic N) is 3. The van der Waals surface area contributed by atoms with Crippen molar-refractivity contribution in [2.75, 3.05) is 13.2 Å². The van der Waals surface area contributed by atoms with Crippen LogP contribution in [-0.2, 0) is 23.3 Å². The Morgan fingerprint density at radius 1 is 1.30 bits per heavy atom. The van der Waals surface area contributed by atoms with E-state index < -0.39 is 0 Å². The molecule has 1 aliphatic heterocycles. The van der Waals surface area contributed by atoms with Crippen LogP contribution in [-0.4, -0.2) is 28.0 Å². The number of rotatable bonds is 7. The molecule has 0 bridgehead atoms. The fraction of sp³-hybridized carbons (Fsp3) is 0.529. The Balaban J connectivity index is 1.72. The van der Waals surface area contributed by atoms with Crippen LogP contribution in [0.15, 0.2) is 24.3 Å². The minimum atomic E-state index is -0.278. The zero-order valence-electron chi connectivity index (χ0n) is 13.6. The van der Waals surface area contributed by atoms with Gasteiger partial charge in [0, 0.05) is 6.54 Å². The van der Waals surface area contributed by atoms with E-state index in [1.54, 1.807) is 12.1 Å². The molecule has 1 aliphatic rings. The first-order valence-corrected chi connectivity index (χ1v) is 8.01. The van der Waals surface area contributed by atoms with Crippen LogP contribution in [0.5, 0.6) is 5.75 Å². The molecule has 0 unspecified atom stereocenters. The lowest BCUT2D eigenvalue weighted by atomic mass is 9.87. The molecule has 5 nitrogen and oxygen atoms in total. The lowest BCUT2D eigenvalue weighted by Crippen LogP contribution is -2.46. The van der Waals surface area contributed by atoms with Crippen molar-refractivity contribution < 1.29 is 13.9 Å². The largest absolute Gasteiger partial charge is 0.486 e. The van der Waals surface area contributed by atoms with E-state index in [2.05, 4.69) is 23.9 Å². The van der Waals surface area contributed by atoms with E-state index in [1.165, 1.54) is 12.1 Å². The summed E-state index contributed by atoms with van der Waals surface area (Å²) < 4.78 is 25.9. The van der Waals surface area contributed by atoms with Crippen molar-refractivity contribution in [2.45, 2.75) is 45.3 Å². The second-order valence-corrected chi connectivity index (χ2v) is 6.22. The van der Waals surface area contributed by atoms with Gasteiger partial charge in [0.05, 0.1) is 18.6 Å². The predicted octanol–water partition coefficient (Wildman–Crippen LogP) is 3.08. The number of hydrogen-bond acceptors (Lipinski definition) is 4. The second kappa shape index (κ2) is 6.66. The van der Waals surface area contributed by atoms with Gasteiger partial charge in [-0.05, 0) is 37.6 Å². The lowest BCUT2D eigenvalue weighted by Gasteiger charge is -2.36. The highest BCUT2D eigenvalue weighted by molar-refractivity contribution is 5.22. The summed E-state index contributed by atoms with van der Waals surface area (Å²) >= 11 is 0. The van der Waals surface area contributed by atoms with E-state index in [0.717, 1.165) is 25.2 Å². The van der Waals surface area contributed by atoms with Crippen molar-refractivity contribution >= 4 is 0 Å². The highest BCUT2D eigenvalue weighted by atomic mass is 19.1. The van der Waals surface area contributed by atoms with Gasteiger partial charge in [-0.3, -0.25) is 0 Å². The maximum Gasteiger partial charge on any atom is 0.188 e. The zero-order valence-corrected chi connectivity index (χ0v) is 13.6. The SMILES string of the molecule is CCCCn1nc(COc2ccc(F)cc2)nc1C1(C)COC1. The average Bonchev–Trinajstić information content (AvgIpc) is 2.93. The number of ether oxygens (including phenoxy) is 2. The van der Waals surface area contributed by atoms with Crippen molar-refractivity contribution in [1.29, 1.82) is 0 Å². The molecule has 2 aromatic rings. The summed E-state index contributed by atoms with van der Waals surface area (Å²) in [6, 6.07) is 5.96. The van der Waals surface area contributed by atoms with Crippen LogP contribution in [0, 0.1) is 5.82 Å². The van der Waals surface area contributed by atoms with Crippen molar-refractivity contribution in [2.24, 2.45) is 0 Å².